The van der Waals surface area contributed by atoms with Crippen LogP contribution in [-0.4, -0.2) is 29.4 Å². The largest absolute Gasteiger partial charge is 0.493 e. The lowest BCUT2D eigenvalue weighted by Crippen LogP contribution is -2.10. The highest BCUT2D eigenvalue weighted by Gasteiger charge is 2.05. The van der Waals surface area contributed by atoms with E-state index in [1.807, 2.05) is 25.1 Å². The standard InChI is InChI=1S/C18H24N4O3/c1-4-8-24-15-7-6-14(16(11-15)25-9-5-2)12-19-22-18-20-13(3)10-17(23)21-18/h6-7,10-12H,4-5,8-9H2,1-3H3,(H2,20,21,22,23)/b19-12+. The molecule has 1 aromatic heterocycles. The molecule has 0 spiro atoms. The van der Waals surface area contributed by atoms with Crippen molar-refractivity contribution in [1.29, 1.82) is 0 Å². The number of benzene rings is 1. The van der Waals surface area contributed by atoms with Gasteiger partial charge in [-0.2, -0.15) is 5.10 Å². The van der Waals surface area contributed by atoms with Crippen molar-refractivity contribution >= 4 is 12.2 Å². The van der Waals surface area contributed by atoms with Gasteiger partial charge in [-0.3, -0.25) is 9.78 Å². The number of ether oxygens (including phenoxy) is 2. The van der Waals surface area contributed by atoms with Crippen molar-refractivity contribution in [3.8, 4) is 11.5 Å². The van der Waals surface area contributed by atoms with Gasteiger partial charge in [-0.1, -0.05) is 13.8 Å². The summed E-state index contributed by atoms with van der Waals surface area (Å²) in [5, 5.41) is 4.13. The van der Waals surface area contributed by atoms with Crippen molar-refractivity contribution in [2.75, 3.05) is 18.6 Å². The van der Waals surface area contributed by atoms with Gasteiger partial charge in [0.2, 0.25) is 5.95 Å². The number of rotatable bonds is 9. The van der Waals surface area contributed by atoms with Gasteiger partial charge in [0.25, 0.3) is 5.56 Å². The molecule has 2 rings (SSSR count). The Bertz CT molecular complexity index is 771. The van der Waals surface area contributed by atoms with Gasteiger partial charge in [0.1, 0.15) is 11.5 Å². The smallest absolute Gasteiger partial charge is 0.252 e. The topological polar surface area (TPSA) is 88.6 Å². The van der Waals surface area contributed by atoms with E-state index in [4.69, 9.17) is 9.47 Å². The Balaban J connectivity index is 2.14. The van der Waals surface area contributed by atoms with E-state index in [1.54, 1.807) is 13.1 Å². The summed E-state index contributed by atoms with van der Waals surface area (Å²) >= 11 is 0. The van der Waals surface area contributed by atoms with E-state index in [-0.39, 0.29) is 5.56 Å². The minimum absolute atomic E-state index is 0.227. The lowest BCUT2D eigenvalue weighted by molar-refractivity contribution is 0.301. The number of aryl methyl sites for hydroxylation is 1. The van der Waals surface area contributed by atoms with Crippen LogP contribution in [0.1, 0.15) is 37.9 Å². The first-order valence-corrected chi connectivity index (χ1v) is 8.39. The van der Waals surface area contributed by atoms with Crippen LogP contribution < -0.4 is 20.5 Å². The van der Waals surface area contributed by atoms with E-state index in [2.05, 4.69) is 27.4 Å². The number of hydrazone groups is 1. The highest BCUT2D eigenvalue weighted by Crippen LogP contribution is 2.24. The van der Waals surface area contributed by atoms with E-state index in [9.17, 15) is 4.79 Å². The van der Waals surface area contributed by atoms with Crippen LogP contribution in [0.2, 0.25) is 0 Å². The second-order valence-corrected chi connectivity index (χ2v) is 5.50. The van der Waals surface area contributed by atoms with Crippen LogP contribution in [-0.2, 0) is 0 Å². The molecule has 0 aliphatic rings. The molecule has 1 heterocycles. The summed E-state index contributed by atoms with van der Waals surface area (Å²) in [4.78, 5) is 18.1. The molecule has 2 aromatic rings. The number of hydrogen-bond donors (Lipinski definition) is 2. The molecule has 0 amide bonds. The van der Waals surface area contributed by atoms with Crippen LogP contribution >= 0.6 is 0 Å². The van der Waals surface area contributed by atoms with Gasteiger partial charge >= 0.3 is 0 Å². The number of aromatic nitrogens is 2. The molecule has 0 saturated carbocycles. The monoisotopic (exact) mass is 344 g/mol. The SMILES string of the molecule is CCCOc1ccc(/C=N/Nc2nc(C)cc(=O)[nH]2)c(OCCC)c1. The third-order valence-electron chi connectivity index (χ3n) is 3.16. The Morgan fingerprint density at radius 1 is 1.20 bits per heavy atom. The zero-order valence-corrected chi connectivity index (χ0v) is 14.8. The molecule has 0 bridgehead atoms. The van der Waals surface area contributed by atoms with Crippen molar-refractivity contribution in [2.45, 2.75) is 33.6 Å². The second kappa shape index (κ2) is 9.46. The predicted molar refractivity (Wildman–Crippen MR) is 98.8 cm³/mol. The molecule has 25 heavy (non-hydrogen) atoms. The van der Waals surface area contributed by atoms with Crippen LogP contribution in [0, 0.1) is 6.92 Å². The lowest BCUT2D eigenvalue weighted by atomic mass is 10.2. The fraction of sp³-hybridized carbons (Fsp3) is 0.389. The molecule has 1 aromatic carbocycles. The first-order valence-electron chi connectivity index (χ1n) is 8.39. The average molecular weight is 344 g/mol. The van der Waals surface area contributed by atoms with Gasteiger partial charge in [0.15, 0.2) is 0 Å². The van der Waals surface area contributed by atoms with Crippen LogP contribution in [0.25, 0.3) is 0 Å². The van der Waals surface area contributed by atoms with Crippen molar-refractivity contribution < 1.29 is 9.47 Å². The molecule has 0 fully saturated rings. The molecule has 0 aliphatic heterocycles. The number of nitrogens with zero attached hydrogens (tertiary/aromatic N) is 2. The average Bonchev–Trinajstić information content (AvgIpc) is 2.58. The zero-order valence-electron chi connectivity index (χ0n) is 14.8. The third-order valence-corrected chi connectivity index (χ3v) is 3.16. The van der Waals surface area contributed by atoms with Crippen LogP contribution in [0.4, 0.5) is 5.95 Å². The quantitative estimate of drug-likeness (QED) is 0.539. The van der Waals surface area contributed by atoms with Gasteiger partial charge in [-0.05, 0) is 31.9 Å². The third kappa shape index (κ3) is 5.95. The molecular weight excluding hydrogens is 320 g/mol. The highest BCUT2D eigenvalue weighted by molar-refractivity contribution is 5.84. The zero-order chi connectivity index (χ0) is 18.1. The number of hydrogen-bond acceptors (Lipinski definition) is 6. The van der Waals surface area contributed by atoms with Gasteiger partial charge in [0, 0.05) is 23.4 Å². The van der Waals surface area contributed by atoms with E-state index in [0.717, 1.165) is 24.2 Å². The Kier molecular flexibility index (Phi) is 7.00. The first-order chi connectivity index (χ1) is 12.1. The Labute approximate surface area is 147 Å². The van der Waals surface area contributed by atoms with Crippen LogP contribution in [0.15, 0.2) is 34.2 Å². The number of anilines is 1. The number of aromatic amines is 1. The fourth-order valence-corrected chi connectivity index (χ4v) is 2.06. The minimum atomic E-state index is -0.227. The Morgan fingerprint density at radius 2 is 1.96 bits per heavy atom. The summed E-state index contributed by atoms with van der Waals surface area (Å²) in [7, 11) is 0. The Morgan fingerprint density at radius 3 is 2.68 bits per heavy atom. The van der Waals surface area contributed by atoms with Gasteiger partial charge in [0.05, 0.1) is 19.4 Å². The molecule has 7 nitrogen and oxygen atoms in total. The van der Waals surface area contributed by atoms with Crippen molar-refractivity contribution in [3.05, 3.63) is 45.9 Å². The predicted octanol–water partition coefficient (Wildman–Crippen LogP) is 3.10. The summed E-state index contributed by atoms with van der Waals surface area (Å²) in [5.41, 5.74) is 3.92. The number of H-pyrrole nitrogens is 1. The lowest BCUT2D eigenvalue weighted by Gasteiger charge is -2.11. The number of nitrogens with one attached hydrogen (secondary N) is 2. The van der Waals surface area contributed by atoms with Crippen molar-refractivity contribution in [2.24, 2.45) is 5.10 Å². The van der Waals surface area contributed by atoms with Gasteiger partial charge in [-0.25, -0.2) is 10.4 Å². The van der Waals surface area contributed by atoms with E-state index < -0.39 is 0 Å². The first kappa shape index (κ1) is 18.5. The normalized spacial score (nSPS) is 10.8. The molecule has 7 heteroatoms. The fourth-order valence-electron chi connectivity index (χ4n) is 2.06. The summed E-state index contributed by atoms with van der Waals surface area (Å²) in [5.74, 6) is 1.76. The van der Waals surface area contributed by atoms with Gasteiger partial charge < -0.3 is 9.47 Å². The molecular formula is C18H24N4O3. The van der Waals surface area contributed by atoms with E-state index in [1.165, 1.54) is 6.07 Å². The summed E-state index contributed by atoms with van der Waals surface area (Å²) in [6.45, 7) is 7.13. The minimum Gasteiger partial charge on any atom is -0.493 e. The maximum atomic E-state index is 11.4. The molecule has 0 radical (unpaired) electrons. The van der Waals surface area contributed by atoms with Crippen LogP contribution in [0.3, 0.4) is 0 Å². The van der Waals surface area contributed by atoms with E-state index in [0.29, 0.717) is 30.6 Å². The Hall–Kier alpha value is -2.83. The van der Waals surface area contributed by atoms with Crippen LogP contribution in [0.5, 0.6) is 11.5 Å². The van der Waals surface area contributed by atoms with Gasteiger partial charge in [-0.15, -0.1) is 0 Å². The molecule has 0 unspecified atom stereocenters. The van der Waals surface area contributed by atoms with E-state index >= 15 is 0 Å². The summed E-state index contributed by atoms with van der Waals surface area (Å²) in [6.07, 6.45) is 3.47. The summed E-state index contributed by atoms with van der Waals surface area (Å²) < 4.78 is 11.4. The molecule has 0 aliphatic carbocycles. The maximum Gasteiger partial charge on any atom is 0.252 e. The van der Waals surface area contributed by atoms with Crippen molar-refractivity contribution in [3.63, 3.8) is 0 Å². The molecule has 2 N–H and O–H groups in total. The highest BCUT2D eigenvalue weighted by atomic mass is 16.5. The maximum absolute atomic E-state index is 11.4. The molecule has 134 valence electrons. The molecule has 0 saturated heterocycles. The van der Waals surface area contributed by atoms with Crippen molar-refractivity contribution in [1.82, 2.24) is 9.97 Å². The molecule has 0 atom stereocenters. The second-order valence-electron chi connectivity index (χ2n) is 5.50. The summed E-state index contributed by atoms with van der Waals surface area (Å²) in [6, 6.07) is 7.04.